The van der Waals surface area contributed by atoms with Crippen LogP contribution in [-0.4, -0.2) is 9.13 Å². The minimum absolute atomic E-state index is 0.612. The summed E-state index contributed by atoms with van der Waals surface area (Å²) in [5, 5.41) is 6.13. The molecule has 0 radical (unpaired) electrons. The molecule has 2 aromatic heterocycles. The van der Waals surface area contributed by atoms with Gasteiger partial charge in [-0.1, -0.05) is 484 Å². The van der Waals surface area contributed by atoms with E-state index in [-0.39, 0.29) is 0 Å². The molecule has 0 amide bonds. The number of aromatic nitrogens is 2. The van der Waals surface area contributed by atoms with Crippen LogP contribution in [0.25, 0.3) is 233 Å². The summed E-state index contributed by atoms with van der Waals surface area (Å²) in [7, 11) is 0. The van der Waals surface area contributed by atoms with Crippen molar-refractivity contribution >= 4 is 66.8 Å². The molecule has 144 heavy (non-hydrogen) atoms. The first-order valence-corrected chi connectivity index (χ1v) is 50.5. The Morgan fingerprint density at radius 3 is 0.556 bits per heavy atom. The molecule has 0 saturated carbocycles. The molecule has 4 aliphatic rings. The van der Waals surface area contributed by atoms with Crippen LogP contribution in [0.15, 0.2) is 522 Å². The van der Waals surface area contributed by atoms with Crippen LogP contribution < -0.4 is 0 Å². The Hall–Kier alpha value is -17.8. The predicted molar refractivity (Wildman–Crippen MR) is 603 cm³/mol. The number of para-hydroxylation sites is 2. The molecule has 0 aliphatic heterocycles. The molecular formula is C140H86Cl2N2. The van der Waals surface area contributed by atoms with Crippen LogP contribution in [-0.2, 0) is 10.8 Å². The van der Waals surface area contributed by atoms with Gasteiger partial charge in [0, 0.05) is 54.1 Å². The van der Waals surface area contributed by atoms with Crippen LogP contribution in [0.2, 0.25) is 10.0 Å². The first-order valence-electron chi connectivity index (χ1n) is 49.7. The SMILES string of the molecule is Clc1ccc(-c2c(-c3ccc(-c4c(-c5ccccc5)c(-c5ccccc5)c(-c5ccccc5)c(-c5ccc(Cl)cc5)c4-c4ccc(-n5c6ccccc6c6ccc7c(c65)C5(c6ccccc6-c6ccccc65)c5ccccc5-7)cc4)cc3)c(-c3ccccc3)c(-c3ccccc3)c(-c3ccccc3)c2-c2ccc(-n3c4ccccc4c4ccc5c(c43)C3(c4ccccc4-c4ccccc43)c3ccccc3-5)cc2)cc1. The van der Waals surface area contributed by atoms with Crippen molar-refractivity contribution in [3.63, 3.8) is 0 Å². The normalized spacial score (nSPS) is 12.9. The van der Waals surface area contributed by atoms with Crippen LogP contribution in [0.3, 0.4) is 0 Å². The summed E-state index contributed by atoms with van der Waals surface area (Å²) in [5.41, 5.74) is 51.9. The molecule has 4 heteroatoms. The van der Waals surface area contributed by atoms with Gasteiger partial charge < -0.3 is 9.13 Å². The van der Waals surface area contributed by atoms with Gasteiger partial charge in [0.2, 0.25) is 0 Å². The zero-order chi connectivity index (χ0) is 95.0. The molecule has 2 heterocycles. The molecule has 2 nitrogen and oxygen atoms in total. The van der Waals surface area contributed by atoms with Crippen molar-refractivity contribution in [1.29, 1.82) is 0 Å². The summed E-state index contributed by atoms with van der Waals surface area (Å²) >= 11 is 14.5. The summed E-state index contributed by atoms with van der Waals surface area (Å²) in [6.07, 6.45) is 0. The first kappa shape index (κ1) is 83.2. The van der Waals surface area contributed by atoms with Gasteiger partial charge in [0.05, 0.1) is 32.9 Å². The topological polar surface area (TPSA) is 9.86 Å². The van der Waals surface area contributed by atoms with Crippen molar-refractivity contribution in [1.82, 2.24) is 9.13 Å². The molecule has 0 bridgehead atoms. The molecule has 0 fully saturated rings. The molecule has 0 N–H and O–H groups in total. The summed E-state index contributed by atoms with van der Waals surface area (Å²) in [6, 6.07) is 196. The number of hydrogen-bond donors (Lipinski definition) is 0. The lowest BCUT2D eigenvalue weighted by atomic mass is 9.70. The largest absolute Gasteiger partial charge is 0.309 e. The maximum atomic E-state index is 7.26. The van der Waals surface area contributed by atoms with E-state index in [1.54, 1.807) is 0 Å². The maximum absolute atomic E-state index is 7.26. The monoisotopic (exact) mass is 1860 g/mol. The second kappa shape index (κ2) is 32.9. The van der Waals surface area contributed by atoms with Crippen molar-refractivity contribution in [3.8, 4) is 189 Å². The summed E-state index contributed by atoms with van der Waals surface area (Å²) in [4.78, 5) is 0. The Bertz CT molecular complexity index is 9430. The number of hydrogen-bond acceptors (Lipinski definition) is 0. The van der Waals surface area contributed by atoms with E-state index < -0.39 is 10.8 Å². The third-order valence-electron chi connectivity index (χ3n) is 31.5. The number of rotatable bonds is 14. The van der Waals surface area contributed by atoms with Gasteiger partial charge in [0.25, 0.3) is 0 Å². The molecule has 23 aromatic carbocycles. The zero-order valence-corrected chi connectivity index (χ0v) is 79.8. The number of nitrogens with zero attached hydrogens (tertiary/aromatic N) is 2. The van der Waals surface area contributed by atoms with Gasteiger partial charge in [0.15, 0.2) is 0 Å². The molecule has 670 valence electrons. The second-order valence-corrected chi connectivity index (χ2v) is 39.5. The maximum Gasteiger partial charge on any atom is 0.0746 e. The highest BCUT2D eigenvalue weighted by Crippen LogP contribution is 2.69. The average Bonchev–Trinajstić information content (AvgIpc) is 1.49. The highest BCUT2D eigenvalue weighted by molar-refractivity contribution is 6.31. The standard InChI is InChI=1S/C140H86Cl2N2/c141-99-75-67-95(68-76-99)131-127(91-43-15-5-16-44-91)123(87-35-7-1-8-36-87)126(90-41-13-4-14-42-90)130(134(131)98-73-81-102(82-74-98)144-122-62-34-26-54-110(122)114-86-84-112-108-52-24-32-60-120(108)140(136(112)138(114)144)117-57-29-21-49-105(117)106-50-22-30-58-118(106)140)94-65-63-93(64-66-94)129-125(89-39-11-3-12-40-89)124(88-37-9-2-10-38-88)128(92-45-17-6-18-46-92)133(132(129)96-69-77-100(142)78-70-96)97-71-79-101(80-72-97)143-121-61-33-25-53-109(121)113-85-83-111-107-51-23-31-59-119(107)139(135(111)137(113)143)115-55-27-19-47-103(115)104-48-20-28-56-116(104)139/h1-86H. The van der Waals surface area contributed by atoms with Crippen molar-refractivity contribution in [2.75, 3.05) is 0 Å². The van der Waals surface area contributed by atoms with Gasteiger partial charge in [-0.2, -0.15) is 0 Å². The average molecular weight is 1870 g/mol. The highest BCUT2D eigenvalue weighted by atomic mass is 35.5. The fraction of sp³-hybridized carbons (Fsp3) is 0.0143. The third kappa shape index (κ3) is 12.1. The molecule has 29 rings (SSSR count). The van der Waals surface area contributed by atoms with E-state index in [1.165, 1.54) is 122 Å². The quantitative estimate of drug-likeness (QED) is 0.103. The Balaban J connectivity index is 0.701. The van der Waals surface area contributed by atoms with E-state index in [0.717, 1.165) is 156 Å². The lowest BCUT2D eigenvalue weighted by Crippen LogP contribution is -2.26. The minimum atomic E-state index is -0.620. The summed E-state index contributed by atoms with van der Waals surface area (Å²) < 4.78 is 5.18. The molecule has 0 unspecified atom stereocenters. The number of fused-ring (bicyclic) bond motifs is 28. The Kier molecular flexibility index (Phi) is 19.0. The fourth-order valence-corrected chi connectivity index (χ4v) is 26.2. The van der Waals surface area contributed by atoms with E-state index in [4.69, 9.17) is 23.2 Å². The lowest BCUT2D eigenvalue weighted by molar-refractivity contribution is 0.797. The lowest BCUT2D eigenvalue weighted by Gasteiger charge is -2.31. The fourth-order valence-electron chi connectivity index (χ4n) is 26.0. The van der Waals surface area contributed by atoms with Crippen LogP contribution in [0.1, 0.15) is 44.5 Å². The summed E-state index contributed by atoms with van der Waals surface area (Å²) in [6.45, 7) is 0. The van der Waals surface area contributed by atoms with Crippen LogP contribution >= 0.6 is 23.2 Å². The van der Waals surface area contributed by atoms with Crippen molar-refractivity contribution in [2.45, 2.75) is 10.8 Å². The number of benzene rings is 23. The molecule has 4 aliphatic carbocycles. The predicted octanol–water partition coefficient (Wildman–Crippen LogP) is 37.9. The van der Waals surface area contributed by atoms with E-state index in [9.17, 15) is 0 Å². The molecule has 0 saturated heterocycles. The molecule has 0 atom stereocenters. The molecule has 2 spiro atoms. The van der Waals surface area contributed by atoms with E-state index in [2.05, 4.69) is 531 Å². The van der Waals surface area contributed by atoms with E-state index >= 15 is 0 Å². The van der Waals surface area contributed by atoms with Crippen molar-refractivity contribution in [2.24, 2.45) is 0 Å². The Morgan fingerprint density at radius 2 is 0.319 bits per heavy atom. The van der Waals surface area contributed by atoms with Gasteiger partial charge in [-0.3, -0.25) is 0 Å². The van der Waals surface area contributed by atoms with E-state index in [1.807, 2.05) is 0 Å². The van der Waals surface area contributed by atoms with Crippen molar-refractivity contribution < 1.29 is 0 Å². The van der Waals surface area contributed by atoms with E-state index in [0.29, 0.717) is 10.0 Å². The van der Waals surface area contributed by atoms with Crippen molar-refractivity contribution in [3.05, 3.63) is 576 Å². The first-order chi connectivity index (χ1) is 71.4. The number of halogens is 2. The molecule has 25 aromatic rings. The van der Waals surface area contributed by atoms with Gasteiger partial charge in [-0.15, -0.1) is 0 Å². The van der Waals surface area contributed by atoms with Gasteiger partial charge in [-0.25, -0.2) is 0 Å². The minimum Gasteiger partial charge on any atom is -0.309 e. The smallest absolute Gasteiger partial charge is 0.0746 e. The van der Waals surface area contributed by atoms with Crippen LogP contribution in [0.5, 0.6) is 0 Å². The zero-order valence-electron chi connectivity index (χ0n) is 78.3. The van der Waals surface area contributed by atoms with Gasteiger partial charge >= 0.3 is 0 Å². The van der Waals surface area contributed by atoms with Gasteiger partial charge in [-0.05, 0) is 272 Å². The third-order valence-corrected chi connectivity index (χ3v) is 32.0. The molecular weight excluding hydrogens is 1780 g/mol. The van der Waals surface area contributed by atoms with Gasteiger partial charge in [0.1, 0.15) is 0 Å². The highest BCUT2D eigenvalue weighted by Gasteiger charge is 2.55. The van der Waals surface area contributed by atoms with Crippen LogP contribution in [0, 0.1) is 0 Å². The second-order valence-electron chi connectivity index (χ2n) is 38.6. The Morgan fingerprint density at radius 1 is 0.139 bits per heavy atom. The Labute approximate surface area is 845 Å². The van der Waals surface area contributed by atoms with Crippen LogP contribution in [0.4, 0.5) is 0 Å². The summed E-state index contributed by atoms with van der Waals surface area (Å²) in [5.74, 6) is 0.